The van der Waals surface area contributed by atoms with Gasteiger partial charge in [0.15, 0.2) is 0 Å². The molecular formula is C12H19Cl2NSi. The number of nitrogens with zero attached hydrogens (tertiary/aromatic N) is 1. The summed E-state index contributed by atoms with van der Waals surface area (Å²) in [6.45, 7) is 0.0738. The third-order valence-electron chi connectivity index (χ3n) is 2.53. The molecule has 0 N–H and O–H groups in total. The van der Waals surface area contributed by atoms with Gasteiger partial charge in [-0.05, 0) is 43.1 Å². The van der Waals surface area contributed by atoms with Crippen molar-refractivity contribution in [2.75, 3.05) is 19.0 Å². The van der Waals surface area contributed by atoms with Crippen LogP contribution in [0.5, 0.6) is 0 Å². The topological polar surface area (TPSA) is 3.24 Å². The average molecular weight is 276 g/mol. The molecule has 4 heteroatoms. The van der Waals surface area contributed by atoms with Gasteiger partial charge in [-0.15, -0.1) is 22.2 Å². The predicted molar refractivity (Wildman–Crippen MR) is 77.2 cm³/mol. The largest absolute Gasteiger partial charge is 0.378 e. The first-order valence-corrected chi connectivity index (χ1v) is 10.3. The van der Waals surface area contributed by atoms with Crippen molar-refractivity contribution in [1.82, 2.24) is 0 Å². The highest BCUT2D eigenvalue weighted by Crippen LogP contribution is 2.23. The summed E-state index contributed by atoms with van der Waals surface area (Å²) in [7, 11) is 4.10. The highest BCUT2D eigenvalue weighted by atomic mass is 35.7. The maximum absolute atomic E-state index is 6.06. The second-order valence-corrected chi connectivity index (χ2v) is 12.7. The SMILES string of the molecule is CN(C)c1ccc(CCC[Si](C)(Cl)Cl)cc1. The lowest BCUT2D eigenvalue weighted by Crippen LogP contribution is -2.12. The summed E-state index contributed by atoms with van der Waals surface area (Å²) in [6.07, 6.45) is 2.15. The summed E-state index contributed by atoms with van der Waals surface area (Å²) in [5, 5.41) is 0. The Balaban J connectivity index is 2.44. The lowest BCUT2D eigenvalue weighted by molar-refractivity contribution is 0.910. The Morgan fingerprint density at radius 1 is 1.12 bits per heavy atom. The van der Waals surface area contributed by atoms with Crippen molar-refractivity contribution in [3.05, 3.63) is 29.8 Å². The molecule has 0 fully saturated rings. The summed E-state index contributed by atoms with van der Waals surface area (Å²) in [6, 6.07) is 9.61. The van der Waals surface area contributed by atoms with E-state index >= 15 is 0 Å². The summed E-state index contributed by atoms with van der Waals surface area (Å²) < 4.78 is 0. The molecule has 1 aromatic carbocycles. The van der Waals surface area contributed by atoms with E-state index in [0.717, 1.165) is 18.9 Å². The molecule has 0 saturated carbocycles. The van der Waals surface area contributed by atoms with Gasteiger partial charge in [0.25, 0.3) is 0 Å². The molecule has 0 aliphatic heterocycles. The minimum Gasteiger partial charge on any atom is -0.378 e. The third kappa shape index (κ3) is 5.24. The van der Waals surface area contributed by atoms with Crippen molar-refractivity contribution in [1.29, 1.82) is 0 Å². The fraction of sp³-hybridized carbons (Fsp3) is 0.500. The Morgan fingerprint density at radius 3 is 2.12 bits per heavy atom. The van der Waals surface area contributed by atoms with Crippen LogP contribution < -0.4 is 4.90 Å². The maximum atomic E-state index is 6.06. The Kier molecular flexibility index (Phi) is 5.16. The van der Waals surface area contributed by atoms with Crippen molar-refractivity contribution in [2.45, 2.75) is 25.4 Å². The molecule has 1 nitrogen and oxygen atoms in total. The van der Waals surface area contributed by atoms with Gasteiger partial charge in [0.1, 0.15) is 0 Å². The Bertz CT molecular complexity index is 317. The average Bonchev–Trinajstić information content (AvgIpc) is 2.16. The van der Waals surface area contributed by atoms with Crippen LogP contribution in [0.1, 0.15) is 12.0 Å². The first kappa shape index (κ1) is 13.9. The fourth-order valence-corrected chi connectivity index (χ4v) is 3.16. The number of halogens is 2. The highest BCUT2D eigenvalue weighted by molar-refractivity contribution is 7.44. The monoisotopic (exact) mass is 275 g/mol. The summed E-state index contributed by atoms with van der Waals surface area (Å²) in [5.41, 5.74) is 2.59. The van der Waals surface area contributed by atoms with Crippen LogP contribution >= 0.6 is 22.2 Å². The molecule has 16 heavy (non-hydrogen) atoms. The smallest absolute Gasteiger partial charge is 0.248 e. The molecule has 0 bridgehead atoms. The fourth-order valence-electron chi connectivity index (χ4n) is 1.56. The molecule has 0 aromatic heterocycles. The van der Waals surface area contributed by atoms with Crippen LogP contribution in [0.25, 0.3) is 0 Å². The molecule has 0 atom stereocenters. The van der Waals surface area contributed by atoms with Gasteiger partial charge in [0, 0.05) is 19.8 Å². The molecule has 0 saturated heterocycles. The second kappa shape index (κ2) is 5.94. The number of anilines is 1. The molecule has 0 aliphatic rings. The maximum Gasteiger partial charge on any atom is 0.248 e. The molecule has 1 rings (SSSR count). The lowest BCUT2D eigenvalue weighted by Gasteiger charge is -2.13. The van der Waals surface area contributed by atoms with Crippen LogP contribution in [0.4, 0.5) is 5.69 Å². The van der Waals surface area contributed by atoms with Gasteiger partial charge >= 0.3 is 0 Å². The molecule has 0 amide bonds. The first-order valence-electron chi connectivity index (χ1n) is 5.52. The standard InChI is InChI=1S/C12H19Cl2NSi/c1-15(2)12-8-6-11(7-9-12)5-4-10-16(3,13)14/h6-9H,4-5,10H2,1-3H3. The Labute approximate surface area is 109 Å². The summed E-state index contributed by atoms with van der Waals surface area (Å²) in [4.78, 5) is 2.10. The van der Waals surface area contributed by atoms with Gasteiger partial charge < -0.3 is 4.90 Å². The minimum absolute atomic E-state index is 0.964. The molecule has 1 aromatic rings. The predicted octanol–water partition coefficient (Wildman–Crippen LogP) is 4.23. The van der Waals surface area contributed by atoms with Gasteiger partial charge in [-0.3, -0.25) is 0 Å². The zero-order valence-electron chi connectivity index (χ0n) is 10.1. The van der Waals surface area contributed by atoms with E-state index < -0.39 is 6.69 Å². The number of hydrogen-bond acceptors (Lipinski definition) is 1. The zero-order chi connectivity index (χ0) is 12.2. The number of benzene rings is 1. The molecular weight excluding hydrogens is 257 g/mol. The number of hydrogen-bond donors (Lipinski definition) is 0. The third-order valence-corrected chi connectivity index (χ3v) is 4.90. The van der Waals surface area contributed by atoms with Crippen molar-refractivity contribution < 1.29 is 0 Å². The quantitative estimate of drug-likeness (QED) is 0.574. The zero-order valence-corrected chi connectivity index (χ0v) is 12.6. The molecule has 0 aliphatic carbocycles. The lowest BCUT2D eigenvalue weighted by atomic mass is 10.1. The van der Waals surface area contributed by atoms with Crippen LogP contribution in [-0.2, 0) is 6.42 Å². The van der Waals surface area contributed by atoms with Crippen LogP contribution in [-0.4, -0.2) is 20.8 Å². The van der Waals surface area contributed by atoms with Crippen LogP contribution in [0.15, 0.2) is 24.3 Å². The van der Waals surface area contributed by atoms with E-state index in [2.05, 4.69) is 29.2 Å². The van der Waals surface area contributed by atoms with Gasteiger partial charge in [-0.2, -0.15) is 0 Å². The van der Waals surface area contributed by atoms with Gasteiger partial charge in [-0.25, -0.2) is 0 Å². The molecule has 90 valence electrons. The van der Waals surface area contributed by atoms with Gasteiger partial charge in [-0.1, -0.05) is 12.1 Å². The van der Waals surface area contributed by atoms with Crippen LogP contribution in [0.3, 0.4) is 0 Å². The molecule has 0 spiro atoms. The van der Waals surface area contributed by atoms with E-state index in [1.165, 1.54) is 11.3 Å². The van der Waals surface area contributed by atoms with E-state index in [9.17, 15) is 0 Å². The van der Waals surface area contributed by atoms with E-state index in [4.69, 9.17) is 22.2 Å². The van der Waals surface area contributed by atoms with E-state index in [1.54, 1.807) is 0 Å². The first-order chi connectivity index (χ1) is 7.38. The normalized spacial score (nSPS) is 11.6. The molecule has 0 unspecified atom stereocenters. The van der Waals surface area contributed by atoms with Gasteiger partial charge in [0.05, 0.1) is 0 Å². The minimum atomic E-state index is -1.90. The summed E-state index contributed by atoms with van der Waals surface area (Å²) >= 11 is 12.1. The molecule has 0 heterocycles. The second-order valence-electron chi connectivity index (χ2n) is 4.48. The summed E-state index contributed by atoms with van der Waals surface area (Å²) in [5.74, 6) is 0. The van der Waals surface area contributed by atoms with E-state index in [0.29, 0.717) is 0 Å². The van der Waals surface area contributed by atoms with E-state index in [1.807, 2.05) is 20.6 Å². The van der Waals surface area contributed by atoms with Crippen molar-refractivity contribution >= 4 is 34.5 Å². The van der Waals surface area contributed by atoms with Crippen LogP contribution in [0, 0.1) is 0 Å². The van der Waals surface area contributed by atoms with Crippen molar-refractivity contribution in [2.24, 2.45) is 0 Å². The highest BCUT2D eigenvalue weighted by Gasteiger charge is 2.19. The van der Waals surface area contributed by atoms with Crippen LogP contribution in [0.2, 0.25) is 12.6 Å². The number of rotatable bonds is 5. The Morgan fingerprint density at radius 2 is 1.69 bits per heavy atom. The van der Waals surface area contributed by atoms with Crippen molar-refractivity contribution in [3.63, 3.8) is 0 Å². The molecule has 0 radical (unpaired) electrons. The van der Waals surface area contributed by atoms with E-state index in [-0.39, 0.29) is 0 Å². The van der Waals surface area contributed by atoms with Gasteiger partial charge in [0.2, 0.25) is 6.69 Å². The Hall–Kier alpha value is -0.183. The number of aryl methyl sites for hydroxylation is 1. The van der Waals surface area contributed by atoms with Crippen molar-refractivity contribution in [3.8, 4) is 0 Å².